The Kier molecular flexibility index (Phi) is 6.38. The van der Waals surface area contributed by atoms with E-state index in [1.54, 1.807) is 12.1 Å². The Morgan fingerprint density at radius 3 is 2.34 bits per heavy atom. The van der Waals surface area contributed by atoms with Gasteiger partial charge in [-0.05, 0) is 56.6 Å². The van der Waals surface area contributed by atoms with Crippen LogP contribution >= 0.6 is 0 Å². The SMILES string of the molecule is CC1(C)C[C@@](CCNC(=O)c2ccccc2C(=O)[O-])(Cc2ccccc2)CCO1. The molecule has 1 N–H and O–H groups in total. The summed E-state index contributed by atoms with van der Waals surface area (Å²) >= 11 is 0. The molecule has 1 atom stereocenters. The number of benzene rings is 2. The van der Waals surface area contributed by atoms with Crippen molar-refractivity contribution in [2.75, 3.05) is 13.2 Å². The standard InChI is InChI=1S/C24H29NO4/c1-23(2)17-24(13-15-29-23,16-18-8-4-3-5-9-18)12-14-25-21(26)19-10-6-7-11-20(19)22(27)28/h3-11H,12-17H2,1-2H3,(H,25,26)(H,27,28)/p-1/t24-/m1/s1. The van der Waals surface area contributed by atoms with Crippen LogP contribution in [0.1, 0.15) is 59.4 Å². The van der Waals surface area contributed by atoms with Crippen LogP contribution in [0.4, 0.5) is 0 Å². The molecule has 0 aromatic heterocycles. The quantitative estimate of drug-likeness (QED) is 0.783. The van der Waals surface area contributed by atoms with Crippen molar-refractivity contribution < 1.29 is 19.4 Å². The van der Waals surface area contributed by atoms with E-state index >= 15 is 0 Å². The monoisotopic (exact) mass is 394 g/mol. The maximum Gasteiger partial charge on any atom is 0.251 e. The minimum Gasteiger partial charge on any atom is -0.545 e. The van der Waals surface area contributed by atoms with Gasteiger partial charge in [0.25, 0.3) is 5.91 Å². The second kappa shape index (κ2) is 8.78. The maximum atomic E-state index is 12.6. The highest BCUT2D eigenvalue weighted by atomic mass is 16.5. The molecular formula is C24H28NO4-. The summed E-state index contributed by atoms with van der Waals surface area (Å²) in [5, 5.41) is 14.2. The first-order chi connectivity index (χ1) is 13.8. The van der Waals surface area contributed by atoms with E-state index in [0.29, 0.717) is 13.2 Å². The molecule has 0 aliphatic carbocycles. The number of nitrogens with one attached hydrogen (secondary N) is 1. The molecule has 1 amide bonds. The van der Waals surface area contributed by atoms with Crippen molar-refractivity contribution in [3.05, 3.63) is 71.3 Å². The molecule has 5 heteroatoms. The fraction of sp³-hybridized carbons (Fsp3) is 0.417. The summed E-state index contributed by atoms with van der Waals surface area (Å²) in [6.07, 6.45) is 3.55. The van der Waals surface area contributed by atoms with Crippen molar-refractivity contribution in [1.29, 1.82) is 0 Å². The topological polar surface area (TPSA) is 78.5 Å². The van der Waals surface area contributed by atoms with Crippen LogP contribution in [0.3, 0.4) is 0 Å². The van der Waals surface area contributed by atoms with Gasteiger partial charge in [0.1, 0.15) is 0 Å². The zero-order valence-corrected chi connectivity index (χ0v) is 17.1. The Morgan fingerprint density at radius 1 is 1.03 bits per heavy atom. The van der Waals surface area contributed by atoms with Crippen molar-refractivity contribution in [3.8, 4) is 0 Å². The van der Waals surface area contributed by atoms with E-state index in [-0.39, 0.29) is 28.1 Å². The largest absolute Gasteiger partial charge is 0.545 e. The van der Waals surface area contributed by atoms with Crippen LogP contribution in [0.15, 0.2) is 54.6 Å². The van der Waals surface area contributed by atoms with Crippen LogP contribution in [0.25, 0.3) is 0 Å². The predicted molar refractivity (Wildman–Crippen MR) is 110 cm³/mol. The number of carboxylic acids is 1. The van der Waals surface area contributed by atoms with E-state index in [1.807, 2.05) is 18.2 Å². The fourth-order valence-electron chi connectivity index (χ4n) is 4.46. The summed E-state index contributed by atoms with van der Waals surface area (Å²) < 4.78 is 5.94. The smallest absolute Gasteiger partial charge is 0.251 e. The number of carbonyl (C=O) groups excluding carboxylic acids is 2. The van der Waals surface area contributed by atoms with Gasteiger partial charge in [0.15, 0.2) is 0 Å². The lowest BCUT2D eigenvalue weighted by molar-refractivity contribution is -0.255. The Hall–Kier alpha value is -2.66. The predicted octanol–water partition coefficient (Wildman–Crippen LogP) is 2.99. The fourth-order valence-corrected chi connectivity index (χ4v) is 4.46. The minimum atomic E-state index is -1.34. The van der Waals surface area contributed by atoms with Gasteiger partial charge in [-0.3, -0.25) is 4.79 Å². The zero-order chi connectivity index (χ0) is 20.9. The molecule has 1 aliphatic heterocycles. The summed E-state index contributed by atoms with van der Waals surface area (Å²) in [6, 6.07) is 16.5. The molecule has 0 spiro atoms. The Balaban J connectivity index is 1.71. The van der Waals surface area contributed by atoms with Crippen molar-refractivity contribution in [1.82, 2.24) is 5.32 Å². The lowest BCUT2D eigenvalue weighted by Crippen LogP contribution is -2.44. The van der Waals surface area contributed by atoms with E-state index in [1.165, 1.54) is 17.7 Å². The molecule has 154 valence electrons. The lowest BCUT2D eigenvalue weighted by atomic mass is 9.68. The first-order valence-electron chi connectivity index (χ1n) is 10.1. The van der Waals surface area contributed by atoms with E-state index in [9.17, 15) is 14.7 Å². The number of hydrogen-bond donors (Lipinski definition) is 1. The molecule has 3 rings (SSSR count). The van der Waals surface area contributed by atoms with E-state index in [2.05, 4.69) is 31.3 Å². The molecule has 1 aliphatic rings. The lowest BCUT2D eigenvalue weighted by Gasteiger charge is -2.45. The van der Waals surface area contributed by atoms with Gasteiger partial charge in [-0.2, -0.15) is 0 Å². The van der Waals surface area contributed by atoms with Crippen LogP contribution in [0.2, 0.25) is 0 Å². The number of carboxylic acid groups (broad SMARTS) is 1. The number of amides is 1. The molecule has 0 radical (unpaired) electrons. The van der Waals surface area contributed by atoms with E-state index in [4.69, 9.17) is 4.74 Å². The van der Waals surface area contributed by atoms with Crippen LogP contribution in [0.5, 0.6) is 0 Å². The summed E-state index contributed by atoms with van der Waals surface area (Å²) in [6.45, 7) is 5.39. The first-order valence-corrected chi connectivity index (χ1v) is 10.1. The van der Waals surface area contributed by atoms with Crippen LogP contribution < -0.4 is 10.4 Å². The molecule has 0 bridgehead atoms. The van der Waals surface area contributed by atoms with Crippen molar-refractivity contribution in [3.63, 3.8) is 0 Å². The second-order valence-corrected chi connectivity index (χ2v) is 8.54. The van der Waals surface area contributed by atoms with Gasteiger partial charge >= 0.3 is 0 Å². The summed E-state index contributed by atoms with van der Waals surface area (Å²) in [5.41, 5.74) is 1.13. The van der Waals surface area contributed by atoms with Gasteiger partial charge in [-0.1, -0.05) is 48.5 Å². The molecule has 2 aromatic carbocycles. The highest BCUT2D eigenvalue weighted by molar-refractivity contribution is 6.04. The Bertz CT molecular complexity index is 862. The number of rotatable bonds is 7. The second-order valence-electron chi connectivity index (χ2n) is 8.54. The molecule has 1 saturated heterocycles. The number of aromatic carboxylic acids is 1. The van der Waals surface area contributed by atoms with Gasteiger partial charge in [-0.25, -0.2) is 0 Å². The van der Waals surface area contributed by atoms with Crippen LogP contribution in [-0.2, 0) is 11.2 Å². The molecular weight excluding hydrogens is 366 g/mol. The zero-order valence-electron chi connectivity index (χ0n) is 17.1. The normalized spacial score (nSPS) is 20.8. The van der Waals surface area contributed by atoms with Crippen molar-refractivity contribution >= 4 is 11.9 Å². The highest BCUT2D eigenvalue weighted by Gasteiger charge is 2.40. The molecule has 29 heavy (non-hydrogen) atoms. The minimum absolute atomic E-state index is 0.0181. The molecule has 2 aromatic rings. The van der Waals surface area contributed by atoms with Crippen LogP contribution in [-0.4, -0.2) is 30.6 Å². The average molecular weight is 394 g/mol. The van der Waals surface area contributed by atoms with Crippen LogP contribution in [0, 0.1) is 5.41 Å². The van der Waals surface area contributed by atoms with E-state index in [0.717, 1.165) is 25.7 Å². The summed E-state index contributed by atoms with van der Waals surface area (Å²) in [4.78, 5) is 23.8. The summed E-state index contributed by atoms with van der Waals surface area (Å²) in [7, 11) is 0. The van der Waals surface area contributed by atoms with E-state index < -0.39 is 5.97 Å². The van der Waals surface area contributed by atoms with Crippen molar-refractivity contribution in [2.45, 2.75) is 45.1 Å². The Morgan fingerprint density at radius 2 is 1.69 bits per heavy atom. The van der Waals surface area contributed by atoms with Gasteiger partial charge in [-0.15, -0.1) is 0 Å². The number of carbonyl (C=O) groups is 2. The van der Waals surface area contributed by atoms with Gasteiger partial charge in [0.05, 0.1) is 11.6 Å². The molecule has 1 heterocycles. The molecule has 0 unspecified atom stereocenters. The third-order valence-electron chi connectivity index (χ3n) is 5.68. The van der Waals surface area contributed by atoms with Gasteiger partial charge < -0.3 is 20.0 Å². The number of ether oxygens (including phenoxy) is 1. The highest BCUT2D eigenvalue weighted by Crippen LogP contribution is 2.43. The average Bonchev–Trinajstić information content (AvgIpc) is 2.67. The third-order valence-corrected chi connectivity index (χ3v) is 5.68. The molecule has 0 saturated carbocycles. The Labute approximate surface area is 172 Å². The third kappa shape index (κ3) is 5.45. The molecule has 1 fully saturated rings. The van der Waals surface area contributed by atoms with Gasteiger partial charge in [0, 0.05) is 24.3 Å². The summed E-state index contributed by atoms with van der Waals surface area (Å²) in [5.74, 6) is -1.73. The van der Waals surface area contributed by atoms with Crippen molar-refractivity contribution in [2.24, 2.45) is 5.41 Å². The first kappa shape index (κ1) is 21.1. The molecule has 5 nitrogen and oxygen atoms in total. The van der Waals surface area contributed by atoms with Gasteiger partial charge in [0.2, 0.25) is 0 Å². The number of hydrogen-bond acceptors (Lipinski definition) is 4. The maximum absolute atomic E-state index is 12.6.